The maximum Gasteiger partial charge on any atom is 0.188 e. The van der Waals surface area contributed by atoms with Gasteiger partial charge in [-0.3, -0.25) is 0 Å². The molecule has 0 spiro atoms. The number of thioether (sulfide) groups is 1. The molecule has 53 heavy (non-hydrogen) atoms. The Morgan fingerprint density at radius 2 is 1.40 bits per heavy atom. The number of ether oxygens (including phenoxy) is 8. The van der Waals surface area contributed by atoms with Gasteiger partial charge in [-0.2, -0.15) is 0 Å². The normalized spacial score (nSPS) is 20.3. The van der Waals surface area contributed by atoms with Gasteiger partial charge in [-0.1, -0.05) is 56.9 Å². The summed E-state index contributed by atoms with van der Waals surface area (Å²) in [5.41, 5.74) is 0.792. The topological polar surface area (TPSA) is 113 Å². The smallest absolute Gasteiger partial charge is 0.188 e. The fourth-order valence-corrected chi connectivity index (χ4v) is 7.97. The zero-order valence-corrected chi connectivity index (χ0v) is 36.9. The third-order valence-corrected chi connectivity index (χ3v) is 11.4. The molecule has 1 aliphatic rings. The second-order valence-electron chi connectivity index (χ2n) is 12.5. The monoisotopic (exact) mass is 786 g/mol. The molecule has 3 aromatic carbocycles. The molecule has 0 fully saturated rings. The minimum Gasteiger partial charge on any atom is -0.491 e. The van der Waals surface area contributed by atoms with E-state index >= 15 is 0 Å². The molecule has 0 amide bonds. The summed E-state index contributed by atoms with van der Waals surface area (Å²) in [6, 6.07) is 20.7. The van der Waals surface area contributed by atoms with E-state index in [9.17, 15) is 5.11 Å². The third kappa shape index (κ3) is 10.8. The van der Waals surface area contributed by atoms with Gasteiger partial charge in [-0.05, 0) is 73.0 Å². The van der Waals surface area contributed by atoms with Crippen molar-refractivity contribution in [3.8, 4) is 34.8 Å². The highest BCUT2D eigenvalue weighted by Crippen LogP contribution is 2.55. The van der Waals surface area contributed by atoms with Crippen LogP contribution in [0.25, 0.3) is 0 Å². The average Bonchev–Trinajstić information content (AvgIpc) is 3.19. The van der Waals surface area contributed by atoms with Crippen LogP contribution in [0.2, 0.25) is 0 Å². The first kappa shape index (κ1) is 42.7. The van der Waals surface area contributed by atoms with E-state index in [0.717, 1.165) is 30.4 Å². The molecule has 5 atom stereocenters. The van der Waals surface area contributed by atoms with Crippen LogP contribution in [0.3, 0.4) is 0 Å². The lowest BCUT2D eigenvalue weighted by Crippen LogP contribution is -2.53. The van der Waals surface area contributed by atoms with Gasteiger partial charge in [0.2, 0.25) is 0 Å². The Kier molecular flexibility index (Phi) is 17.0. The maximum atomic E-state index is 12.7. The summed E-state index contributed by atoms with van der Waals surface area (Å²) >= 11 is 1.47. The first-order valence-electron chi connectivity index (χ1n) is 17.7. The van der Waals surface area contributed by atoms with Crippen molar-refractivity contribution in [3.05, 3.63) is 83.4 Å². The number of aliphatic hydroxyl groups is 1. The molecule has 0 radical (unpaired) electrons. The third-order valence-electron chi connectivity index (χ3n) is 9.00. The second kappa shape index (κ2) is 21.1. The van der Waals surface area contributed by atoms with Gasteiger partial charge in [-0.15, -0.1) is 11.8 Å². The first-order valence-corrected chi connectivity index (χ1v) is 20.5. The zero-order chi connectivity index (χ0) is 38.3. The average molecular weight is 787 g/mol. The fourth-order valence-electron chi connectivity index (χ4n) is 6.08. The van der Waals surface area contributed by atoms with Gasteiger partial charge < -0.3 is 51.9 Å². The highest BCUT2D eigenvalue weighted by atomic mass is 32.2. The molecule has 11 nitrogen and oxygen atoms in total. The zero-order valence-electron chi connectivity index (χ0n) is 32.0. The molecule has 14 heteroatoms. The van der Waals surface area contributed by atoms with Crippen molar-refractivity contribution in [3.63, 3.8) is 0 Å². The van der Waals surface area contributed by atoms with Gasteiger partial charge in [0.25, 0.3) is 0 Å². The molecule has 0 saturated heterocycles. The standard InChI is InChI=1S/C39H54O11SSi2/c1-7-35(49-52)47-37(48-36(8-2)50-53)27(3)22-28-10-14-30(15-11-28)43-21-9-20-38(40)33-19-18-32(46-26-42-5)23-34(33)44-24-39(38,51-6)29-12-16-31(17-13-29)45-25-41-4/h10-19,23,27,35-37,40H,7-8,21-22,24-26H2,1-6,52-53H3. The summed E-state index contributed by atoms with van der Waals surface area (Å²) in [5.74, 6) is 8.69. The molecule has 0 aliphatic carbocycles. The lowest BCUT2D eigenvalue weighted by molar-refractivity contribution is -0.280. The molecule has 5 unspecified atom stereocenters. The molecule has 1 N–H and O–H groups in total. The fraction of sp³-hybridized carbons (Fsp3) is 0.487. The van der Waals surface area contributed by atoms with Crippen molar-refractivity contribution in [2.45, 2.75) is 69.3 Å². The van der Waals surface area contributed by atoms with E-state index in [0.29, 0.717) is 49.5 Å². The van der Waals surface area contributed by atoms with Gasteiger partial charge in [-0.25, -0.2) is 0 Å². The summed E-state index contributed by atoms with van der Waals surface area (Å²) in [4.78, 5) is 0. The highest BCUT2D eigenvalue weighted by molar-refractivity contribution is 7.99. The van der Waals surface area contributed by atoms with Crippen molar-refractivity contribution in [1.82, 2.24) is 0 Å². The lowest BCUT2D eigenvalue weighted by atomic mass is 9.75. The quantitative estimate of drug-likeness (QED) is 0.0951. The molecule has 0 aromatic heterocycles. The van der Waals surface area contributed by atoms with Crippen molar-refractivity contribution >= 4 is 32.7 Å². The number of fused-ring (bicyclic) bond motifs is 1. The number of benzene rings is 3. The van der Waals surface area contributed by atoms with Gasteiger partial charge >= 0.3 is 0 Å². The van der Waals surface area contributed by atoms with Crippen LogP contribution >= 0.6 is 11.8 Å². The number of rotatable bonds is 21. The van der Waals surface area contributed by atoms with Gasteiger partial charge in [0, 0.05) is 31.8 Å². The Hall–Kier alpha value is -3.08. The van der Waals surface area contributed by atoms with E-state index < -0.39 is 16.6 Å². The van der Waals surface area contributed by atoms with Crippen LogP contribution in [0.4, 0.5) is 0 Å². The molecular weight excluding hydrogens is 733 g/mol. The van der Waals surface area contributed by atoms with E-state index in [1.54, 1.807) is 32.4 Å². The Morgan fingerprint density at radius 1 is 0.830 bits per heavy atom. The number of hydrogen-bond acceptors (Lipinski definition) is 12. The maximum absolute atomic E-state index is 12.7. The minimum absolute atomic E-state index is 0.0425. The largest absolute Gasteiger partial charge is 0.491 e. The molecule has 1 aliphatic heterocycles. The highest BCUT2D eigenvalue weighted by Gasteiger charge is 2.56. The molecule has 0 bridgehead atoms. The molecule has 290 valence electrons. The SMILES string of the molecule is CCC(O[SiH3])OC(OC(CC)O[SiH3])C(C)Cc1ccc(OCC#CC2(O)c3ccc(OCOC)cc3OCC2(SC)c2ccc(OCOC)cc2)cc1. The summed E-state index contributed by atoms with van der Waals surface area (Å²) in [6.45, 7) is 6.58. The number of methoxy groups -OCH3 is 2. The van der Waals surface area contributed by atoms with Crippen LogP contribution in [-0.4, -0.2) is 92.2 Å². The van der Waals surface area contributed by atoms with E-state index in [2.05, 4.69) is 18.8 Å². The molecule has 4 rings (SSSR count). The Balaban J connectivity index is 1.54. The lowest BCUT2D eigenvalue weighted by Gasteiger charge is -2.47. The van der Waals surface area contributed by atoms with Gasteiger partial charge in [0.1, 0.15) is 74.5 Å². The summed E-state index contributed by atoms with van der Waals surface area (Å²) in [6.07, 6.45) is 3.06. The van der Waals surface area contributed by atoms with Crippen LogP contribution in [0.5, 0.6) is 23.0 Å². The van der Waals surface area contributed by atoms with E-state index in [-0.39, 0.29) is 45.3 Å². The summed E-state index contributed by atoms with van der Waals surface area (Å²) < 4.78 is 56.4. The van der Waals surface area contributed by atoms with Crippen LogP contribution in [0.15, 0.2) is 66.7 Å². The molecular formula is C39H54O11SSi2. The molecule has 0 saturated carbocycles. The van der Waals surface area contributed by atoms with Crippen LogP contribution in [0, 0.1) is 17.8 Å². The van der Waals surface area contributed by atoms with Crippen molar-refractivity contribution < 1.29 is 51.9 Å². The molecule has 3 aromatic rings. The van der Waals surface area contributed by atoms with Crippen LogP contribution in [0.1, 0.15) is 50.3 Å². The van der Waals surface area contributed by atoms with Crippen LogP contribution in [-0.2, 0) is 44.6 Å². The molecule has 1 heterocycles. The van der Waals surface area contributed by atoms with Crippen molar-refractivity contribution in [2.24, 2.45) is 5.92 Å². The van der Waals surface area contributed by atoms with Crippen LogP contribution < -0.4 is 18.9 Å². The van der Waals surface area contributed by atoms with Gasteiger partial charge in [0.05, 0.1) is 0 Å². The Labute approximate surface area is 324 Å². The Morgan fingerprint density at radius 3 is 1.96 bits per heavy atom. The predicted molar refractivity (Wildman–Crippen MR) is 211 cm³/mol. The minimum atomic E-state index is -1.66. The van der Waals surface area contributed by atoms with Crippen molar-refractivity contribution in [1.29, 1.82) is 0 Å². The van der Waals surface area contributed by atoms with E-state index in [4.69, 9.17) is 46.7 Å². The van der Waals surface area contributed by atoms with E-state index in [1.165, 1.54) is 11.8 Å². The number of hydrogen-bond donors (Lipinski definition) is 1. The van der Waals surface area contributed by atoms with Crippen molar-refractivity contribution in [2.75, 3.05) is 47.3 Å². The predicted octanol–water partition coefficient (Wildman–Crippen LogP) is 4.18. The summed E-state index contributed by atoms with van der Waals surface area (Å²) in [5, 5.41) is 12.7. The Bertz CT molecular complexity index is 1580. The van der Waals surface area contributed by atoms with E-state index in [1.807, 2.05) is 68.6 Å². The second-order valence-corrected chi connectivity index (χ2v) is 14.6. The van der Waals surface area contributed by atoms with Gasteiger partial charge in [0.15, 0.2) is 25.5 Å². The first-order chi connectivity index (χ1) is 25.7. The summed E-state index contributed by atoms with van der Waals surface area (Å²) in [7, 11) is 4.28.